The number of rotatable bonds is 5. The fraction of sp³-hybridized carbons (Fsp3) is 0.100. The first kappa shape index (κ1) is 15.1. The Bertz CT molecular complexity index is 751. The lowest BCUT2D eigenvalue weighted by molar-refractivity contribution is 0.870. The van der Waals surface area contributed by atoms with Crippen molar-refractivity contribution >= 4 is 11.4 Å². The molecule has 3 aromatic rings. The van der Waals surface area contributed by atoms with Gasteiger partial charge >= 0.3 is 0 Å². The standard InChI is InChI=1S/C20H21N3/c21-17-12-10-15(11-13-17)14-23-19-9-5-4-8-18(19)20(22)16-6-2-1-3-7-16/h1-13,20,23H,14,21-22H2. The van der Waals surface area contributed by atoms with E-state index in [-0.39, 0.29) is 6.04 Å². The predicted octanol–water partition coefficient (Wildman–Crippen LogP) is 3.93. The second kappa shape index (κ2) is 6.99. The van der Waals surface area contributed by atoms with Crippen LogP contribution in [0.4, 0.5) is 11.4 Å². The molecule has 0 aliphatic carbocycles. The van der Waals surface area contributed by atoms with Gasteiger partial charge in [0.25, 0.3) is 0 Å². The Morgan fingerprint density at radius 2 is 1.43 bits per heavy atom. The second-order valence-corrected chi connectivity index (χ2v) is 5.57. The number of nitrogens with one attached hydrogen (secondary N) is 1. The van der Waals surface area contributed by atoms with Crippen molar-refractivity contribution in [3.63, 3.8) is 0 Å². The zero-order chi connectivity index (χ0) is 16.1. The van der Waals surface area contributed by atoms with Crippen molar-refractivity contribution in [1.82, 2.24) is 0 Å². The van der Waals surface area contributed by atoms with Crippen molar-refractivity contribution < 1.29 is 0 Å². The number of para-hydroxylation sites is 1. The van der Waals surface area contributed by atoms with Crippen molar-refractivity contribution in [3.05, 3.63) is 95.6 Å². The van der Waals surface area contributed by atoms with Gasteiger partial charge in [-0.05, 0) is 34.9 Å². The number of hydrogen-bond donors (Lipinski definition) is 3. The maximum absolute atomic E-state index is 6.45. The summed E-state index contributed by atoms with van der Waals surface area (Å²) in [5, 5.41) is 3.48. The van der Waals surface area contributed by atoms with E-state index >= 15 is 0 Å². The van der Waals surface area contributed by atoms with Crippen LogP contribution in [-0.4, -0.2) is 0 Å². The molecule has 0 fully saturated rings. The lowest BCUT2D eigenvalue weighted by atomic mass is 9.98. The molecule has 0 radical (unpaired) electrons. The average molecular weight is 303 g/mol. The summed E-state index contributed by atoms with van der Waals surface area (Å²) < 4.78 is 0. The molecular weight excluding hydrogens is 282 g/mol. The van der Waals surface area contributed by atoms with Crippen LogP contribution >= 0.6 is 0 Å². The molecule has 5 N–H and O–H groups in total. The molecule has 0 saturated heterocycles. The fourth-order valence-electron chi connectivity index (χ4n) is 2.60. The van der Waals surface area contributed by atoms with E-state index in [9.17, 15) is 0 Å². The van der Waals surface area contributed by atoms with Crippen LogP contribution in [0.3, 0.4) is 0 Å². The second-order valence-electron chi connectivity index (χ2n) is 5.57. The van der Waals surface area contributed by atoms with E-state index in [1.165, 1.54) is 5.56 Å². The van der Waals surface area contributed by atoms with Crippen LogP contribution in [0, 0.1) is 0 Å². The molecule has 23 heavy (non-hydrogen) atoms. The van der Waals surface area contributed by atoms with Crippen molar-refractivity contribution in [1.29, 1.82) is 0 Å². The minimum Gasteiger partial charge on any atom is -0.399 e. The van der Waals surface area contributed by atoms with Crippen molar-refractivity contribution in [2.75, 3.05) is 11.1 Å². The van der Waals surface area contributed by atoms with Gasteiger partial charge in [-0.25, -0.2) is 0 Å². The van der Waals surface area contributed by atoms with Crippen LogP contribution in [-0.2, 0) is 6.54 Å². The van der Waals surface area contributed by atoms with Gasteiger partial charge in [-0.15, -0.1) is 0 Å². The highest BCUT2D eigenvalue weighted by molar-refractivity contribution is 5.55. The number of nitrogens with two attached hydrogens (primary N) is 2. The molecule has 1 unspecified atom stereocenters. The maximum atomic E-state index is 6.45. The molecule has 1 atom stereocenters. The smallest absolute Gasteiger partial charge is 0.0572 e. The molecule has 0 bridgehead atoms. The number of hydrogen-bond acceptors (Lipinski definition) is 3. The quantitative estimate of drug-likeness (QED) is 0.626. The molecule has 3 heteroatoms. The third-order valence-corrected chi connectivity index (χ3v) is 3.92. The molecule has 0 spiro atoms. The van der Waals surface area contributed by atoms with E-state index in [2.05, 4.69) is 29.6 Å². The SMILES string of the molecule is Nc1ccc(CNc2ccccc2C(N)c2ccccc2)cc1. The van der Waals surface area contributed by atoms with Crippen LogP contribution in [0.1, 0.15) is 22.7 Å². The van der Waals surface area contributed by atoms with E-state index in [1.54, 1.807) is 0 Å². The highest BCUT2D eigenvalue weighted by Gasteiger charge is 2.12. The Hall–Kier alpha value is -2.78. The van der Waals surface area contributed by atoms with E-state index in [1.807, 2.05) is 54.6 Å². The first-order valence-electron chi connectivity index (χ1n) is 7.72. The van der Waals surface area contributed by atoms with Crippen molar-refractivity contribution in [2.45, 2.75) is 12.6 Å². The Morgan fingerprint density at radius 1 is 0.783 bits per heavy atom. The molecule has 3 nitrogen and oxygen atoms in total. The van der Waals surface area contributed by atoms with Crippen molar-refractivity contribution in [2.24, 2.45) is 5.73 Å². The molecule has 3 rings (SSSR count). The molecule has 0 saturated carbocycles. The summed E-state index contributed by atoms with van der Waals surface area (Å²) >= 11 is 0. The summed E-state index contributed by atoms with van der Waals surface area (Å²) in [7, 11) is 0. The topological polar surface area (TPSA) is 64.1 Å². The molecule has 0 aromatic heterocycles. The summed E-state index contributed by atoms with van der Waals surface area (Å²) in [5.74, 6) is 0. The molecule has 3 aromatic carbocycles. The normalized spacial score (nSPS) is 11.9. The monoisotopic (exact) mass is 303 g/mol. The summed E-state index contributed by atoms with van der Waals surface area (Å²) in [4.78, 5) is 0. The summed E-state index contributed by atoms with van der Waals surface area (Å²) in [6.45, 7) is 0.735. The zero-order valence-electron chi connectivity index (χ0n) is 12.9. The van der Waals surface area contributed by atoms with Gasteiger partial charge in [0.15, 0.2) is 0 Å². The first-order valence-corrected chi connectivity index (χ1v) is 7.72. The largest absolute Gasteiger partial charge is 0.399 e. The van der Waals surface area contributed by atoms with E-state index in [4.69, 9.17) is 11.5 Å². The molecule has 0 heterocycles. The maximum Gasteiger partial charge on any atom is 0.0572 e. The van der Waals surface area contributed by atoms with Gasteiger partial charge < -0.3 is 16.8 Å². The Balaban J connectivity index is 1.79. The van der Waals surface area contributed by atoms with Gasteiger partial charge in [0.2, 0.25) is 0 Å². The highest BCUT2D eigenvalue weighted by Crippen LogP contribution is 2.26. The minimum atomic E-state index is -0.147. The molecule has 0 aliphatic rings. The van der Waals surface area contributed by atoms with E-state index < -0.39 is 0 Å². The third-order valence-electron chi connectivity index (χ3n) is 3.92. The van der Waals surface area contributed by atoms with E-state index in [0.29, 0.717) is 0 Å². The lowest BCUT2D eigenvalue weighted by Gasteiger charge is -2.18. The van der Waals surface area contributed by atoms with Gasteiger partial charge in [0.1, 0.15) is 0 Å². The van der Waals surface area contributed by atoms with Crippen LogP contribution in [0.15, 0.2) is 78.9 Å². The average Bonchev–Trinajstić information content (AvgIpc) is 2.62. The van der Waals surface area contributed by atoms with Gasteiger partial charge in [0.05, 0.1) is 6.04 Å². The van der Waals surface area contributed by atoms with Gasteiger partial charge in [0, 0.05) is 17.9 Å². The van der Waals surface area contributed by atoms with Gasteiger partial charge in [-0.2, -0.15) is 0 Å². The summed E-state index contributed by atoms with van der Waals surface area (Å²) in [6, 6.07) is 26.1. The van der Waals surface area contributed by atoms with Crippen LogP contribution in [0.2, 0.25) is 0 Å². The Kier molecular flexibility index (Phi) is 4.60. The fourth-order valence-corrected chi connectivity index (χ4v) is 2.60. The van der Waals surface area contributed by atoms with E-state index in [0.717, 1.165) is 29.0 Å². The van der Waals surface area contributed by atoms with Gasteiger partial charge in [-0.3, -0.25) is 0 Å². The molecule has 116 valence electrons. The number of nitrogen functional groups attached to an aromatic ring is 1. The first-order chi connectivity index (χ1) is 11.2. The van der Waals surface area contributed by atoms with Crippen LogP contribution in [0.5, 0.6) is 0 Å². The Labute approximate surface area is 137 Å². The molecule has 0 amide bonds. The predicted molar refractivity (Wildman–Crippen MR) is 97.1 cm³/mol. The highest BCUT2D eigenvalue weighted by atomic mass is 14.9. The zero-order valence-corrected chi connectivity index (χ0v) is 12.9. The summed E-state index contributed by atoms with van der Waals surface area (Å²) in [6.07, 6.45) is 0. The van der Waals surface area contributed by atoms with Crippen LogP contribution < -0.4 is 16.8 Å². The number of benzene rings is 3. The molecular formula is C20H21N3. The summed E-state index contributed by atoms with van der Waals surface area (Å²) in [5.41, 5.74) is 17.4. The lowest BCUT2D eigenvalue weighted by Crippen LogP contribution is -2.14. The molecule has 0 aliphatic heterocycles. The Morgan fingerprint density at radius 3 is 2.17 bits per heavy atom. The van der Waals surface area contributed by atoms with Crippen molar-refractivity contribution in [3.8, 4) is 0 Å². The number of anilines is 2. The van der Waals surface area contributed by atoms with Gasteiger partial charge in [-0.1, -0.05) is 60.7 Å². The minimum absolute atomic E-state index is 0.147. The third kappa shape index (κ3) is 3.71. The van der Waals surface area contributed by atoms with Crippen LogP contribution in [0.25, 0.3) is 0 Å².